The predicted molar refractivity (Wildman–Crippen MR) is 75.7 cm³/mol. The van der Waals surface area contributed by atoms with E-state index < -0.39 is 0 Å². The minimum absolute atomic E-state index is 0.529. The second-order valence-electron chi connectivity index (χ2n) is 4.57. The fourth-order valence-corrected chi connectivity index (χ4v) is 2.15. The first-order valence-electron chi connectivity index (χ1n) is 6.14. The van der Waals surface area contributed by atoms with Crippen LogP contribution in [0.5, 0.6) is 0 Å². The molecule has 0 bridgehead atoms. The quantitative estimate of drug-likeness (QED) is 0.759. The van der Waals surface area contributed by atoms with Crippen molar-refractivity contribution in [3.63, 3.8) is 0 Å². The highest BCUT2D eigenvalue weighted by Crippen LogP contribution is 2.18. The van der Waals surface area contributed by atoms with Gasteiger partial charge in [0.25, 0.3) is 0 Å². The minimum atomic E-state index is 0.529. The molecule has 19 heavy (non-hydrogen) atoms. The standard InChI is InChI=1S/C15H14N4/c1-10-6-14(16)19-13-8-11(9-18-15(10)13)7-12-4-2-3-5-17-12/h2-6,8-9H,7H2,1H3,(H2,16,19). The van der Waals surface area contributed by atoms with Crippen molar-refractivity contribution in [2.45, 2.75) is 13.3 Å². The van der Waals surface area contributed by atoms with Crippen LogP contribution in [0.3, 0.4) is 0 Å². The molecule has 0 saturated carbocycles. The second-order valence-corrected chi connectivity index (χ2v) is 4.57. The van der Waals surface area contributed by atoms with Crippen LogP contribution in [0.1, 0.15) is 16.8 Å². The van der Waals surface area contributed by atoms with Gasteiger partial charge in [0.05, 0.1) is 11.0 Å². The summed E-state index contributed by atoms with van der Waals surface area (Å²) in [6, 6.07) is 9.77. The van der Waals surface area contributed by atoms with E-state index in [-0.39, 0.29) is 0 Å². The molecule has 0 fully saturated rings. The molecule has 3 aromatic rings. The summed E-state index contributed by atoms with van der Waals surface area (Å²) in [6.07, 6.45) is 4.42. The van der Waals surface area contributed by atoms with Crippen molar-refractivity contribution in [1.82, 2.24) is 15.0 Å². The number of nitrogens with zero attached hydrogens (tertiary/aromatic N) is 3. The van der Waals surface area contributed by atoms with Gasteiger partial charge in [-0.15, -0.1) is 0 Å². The number of pyridine rings is 3. The molecule has 0 spiro atoms. The van der Waals surface area contributed by atoms with Gasteiger partial charge in [-0.2, -0.15) is 0 Å². The van der Waals surface area contributed by atoms with Crippen LogP contribution in [0.15, 0.2) is 42.7 Å². The third-order valence-corrected chi connectivity index (χ3v) is 3.02. The van der Waals surface area contributed by atoms with Gasteiger partial charge in [0.2, 0.25) is 0 Å². The summed E-state index contributed by atoms with van der Waals surface area (Å²) in [6.45, 7) is 1.99. The molecule has 0 atom stereocenters. The molecule has 0 aliphatic rings. The van der Waals surface area contributed by atoms with E-state index >= 15 is 0 Å². The molecule has 4 heteroatoms. The Labute approximate surface area is 111 Å². The number of aryl methyl sites for hydroxylation is 1. The van der Waals surface area contributed by atoms with Crippen molar-refractivity contribution in [3.05, 3.63) is 59.5 Å². The van der Waals surface area contributed by atoms with Crippen molar-refractivity contribution in [3.8, 4) is 0 Å². The molecule has 0 unspecified atom stereocenters. The van der Waals surface area contributed by atoms with Gasteiger partial charge in [-0.25, -0.2) is 4.98 Å². The highest BCUT2D eigenvalue weighted by Gasteiger charge is 2.05. The maximum atomic E-state index is 5.78. The SMILES string of the molecule is Cc1cc(N)nc2cc(Cc3ccccn3)cnc12. The summed E-state index contributed by atoms with van der Waals surface area (Å²) < 4.78 is 0. The lowest BCUT2D eigenvalue weighted by atomic mass is 10.1. The highest BCUT2D eigenvalue weighted by molar-refractivity contribution is 5.79. The lowest BCUT2D eigenvalue weighted by molar-refractivity contribution is 1.06. The molecule has 94 valence electrons. The van der Waals surface area contributed by atoms with Crippen molar-refractivity contribution in [1.29, 1.82) is 0 Å². The molecule has 3 rings (SSSR count). The molecular weight excluding hydrogens is 236 g/mol. The topological polar surface area (TPSA) is 64.7 Å². The Bertz CT molecular complexity index is 723. The Hall–Kier alpha value is -2.49. The Morgan fingerprint density at radius 1 is 1.16 bits per heavy atom. The van der Waals surface area contributed by atoms with E-state index in [2.05, 4.69) is 15.0 Å². The number of hydrogen-bond donors (Lipinski definition) is 1. The number of fused-ring (bicyclic) bond motifs is 1. The molecule has 0 aromatic carbocycles. The van der Waals surface area contributed by atoms with E-state index in [1.807, 2.05) is 43.5 Å². The van der Waals surface area contributed by atoms with Crippen LogP contribution in [0.4, 0.5) is 5.82 Å². The summed E-state index contributed by atoms with van der Waals surface area (Å²) in [5.74, 6) is 0.529. The maximum absolute atomic E-state index is 5.78. The van der Waals surface area contributed by atoms with E-state index in [0.29, 0.717) is 5.82 Å². The van der Waals surface area contributed by atoms with Crippen LogP contribution >= 0.6 is 0 Å². The van der Waals surface area contributed by atoms with Gasteiger partial charge in [0.1, 0.15) is 5.82 Å². The van der Waals surface area contributed by atoms with Gasteiger partial charge in [0.15, 0.2) is 0 Å². The van der Waals surface area contributed by atoms with E-state index in [0.717, 1.165) is 34.3 Å². The summed E-state index contributed by atoms with van der Waals surface area (Å²) in [4.78, 5) is 13.1. The molecule has 0 amide bonds. The van der Waals surface area contributed by atoms with Crippen LogP contribution in [0.25, 0.3) is 11.0 Å². The normalized spacial score (nSPS) is 10.8. The Morgan fingerprint density at radius 2 is 2.05 bits per heavy atom. The van der Waals surface area contributed by atoms with Gasteiger partial charge in [-0.3, -0.25) is 9.97 Å². The van der Waals surface area contributed by atoms with Gasteiger partial charge >= 0.3 is 0 Å². The summed E-state index contributed by atoms with van der Waals surface area (Å²) in [7, 11) is 0. The fraction of sp³-hybridized carbons (Fsp3) is 0.133. The summed E-state index contributed by atoms with van der Waals surface area (Å²) in [5.41, 5.74) is 10.7. The molecule has 0 aliphatic carbocycles. The lowest BCUT2D eigenvalue weighted by Crippen LogP contribution is -1.97. The Balaban J connectivity index is 2.02. The third-order valence-electron chi connectivity index (χ3n) is 3.02. The minimum Gasteiger partial charge on any atom is -0.384 e. The number of anilines is 1. The van der Waals surface area contributed by atoms with Gasteiger partial charge in [0, 0.05) is 24.5 Å². The highest BCUT2D eigenvalue weighted by atomic mass is 14.9. The maximum Gasteiger partial charge on any atom is 0.124 e. The van der Waals surface area contributed by atoms with Crippen LogP contribution in [0, 0.1) is 6.92 Å². The first-order chi connectivity index (χ1) is 9.22. The fourth-order valence-electron chi connectivity index (χ4n) is 2.15. The number of hydrogen-bond acceptors (Lipinski definition) is 4. The van der Waals surface area contributed by atoms with Crippen molar-refractivity contribution < 1.29 is 0 Å². The van der Waals surface area contributed by atoms with E-state index in [4.69, 9.17) is 5.73 Å². The molecular formula is C15H14N4. The zero-order chi connectivity index (χ0) is 13.2. The smallest absolute Gasteiger partial charge is 0.124 e. The van der Waals surface area contributed by atoms with E-state index in [1.54, 1.807) is 6.20 Å². The van der Waals surface area contributed by atoms with Crippen LogP contribution in [-0.2, 0) is 6.42 Å². The molecule has 0 radical (unpaired) electrons. The zero-order valence-corrected chi connectivity index (χ0v) is 10.7. The van der Waals surface area contributed by atoms with Crippen LogP contribution < -0.4 is 5.73 Å². The largest absolute Gasteiger partial charge is 0.384 e. The molecule has 3 aromatic heterocycles. The number of rotatable bonds is 2. The zero-order valence-electron chi connectivity index (χ0n) is 10.7. The lowest BCUT2D eigenvalue weighted by Gasteiger charge is -2.05. The van der Waals surface area contributed by atoms with Gasteiger partial charge in [-0.1, -0.05) is 6.07 Å². The third kappa shape index (κ3) is 2.38. The second kappa shape index (κ2) is 4.65. The summed E-state index contributed by atoms with van der Waals surface area (Å²) >= 11 is 0. The summed E-state index contributed by atoms with van der Waals surface area (Å²) in [5, 5.41) is 0. The average molecular weight is 250 g/mol. The van der Waals surface area contributed by atoms with Gasteiger partial charge < -0.3 is 5.73 Å². The number of nitrogens with two attached hydrogens (primary N) is 1. The average Bonchev–Trinajstić information content (AvgIpc) is 2.39. The van der Waals surface area contributed by atoms with E-state index in [9.17, 15) is 0 Å². The predicted octanol–water partition coefficient (Wildman–Crippen LogP) is 2.51. The van der Waals surface area contributed by atoms with Gasteiger partial charge in [-0.05, 0) is 42.3 Å². The monoisotopic (exact) mass is 250 g/mol. The molecule has 4 nitrogen and oxygen atoms in total. The molecule has 2 N–H and O–H groups in total. The first kappa shape index (κ1) is 11.6. The molecule has 0 aliphatic heterocycles. The molecule has 3 heterocycles. The Kier molecular flexibility index (Phi) is 2.83. The van der Waals surface area contributed by atoms with E-state index in [1.165, 1.54) is 0 Å². The van der Waals surface area contributed by atoms with Crippen LogP contribution in [0.2, 0.25) is 0 Å². The number of nitrogen functional groups attached to an aromatic ring is 1. The first-order valence-corrected chi connectivity index (χ1v) is 6.14. The molecule has 0 saturated heterocycles. The van der Waals surface area contributed by atoms with Crippen molar-refractivity contribution in [2.75, 3.05) is 5.73 Å². The Morgan fingerprint density at radius 3 is 2.84 bits per heavy atom. The van der Waals surface area contributed by atoms with Crippen LogP contribution in [-0.4, -0.2) is 15.0 Å². The van der Waals surface area contributed by atoms with Crippen molar-refractivity contribution in [2.24, 2.45) is 0 Å². The number of aromatic nitrogens is 3. The van der Waals surface area contributed by atoms with Crippen molar-refractivity contribution >= 4 is 16.9 Å².